The van der Waals surface area contributed by atoms with Gasteiger partial charge in [-0.05, 0) is 80.6 Å². The fourth-order valence-electron chi connectivity index (χ4n) is 4.86. The Labute approximate surface area is 200 Å². The van der Waals surface area contributed by atoms with E-state index < -0.39 is 0 Å². The molecule has 0 amide bonds. The van der Waals surface area contributed by atoms with Gasteiger partial charge in [-0.1, -0.05) is 24.3 Å². The number of H-pyrrole nitrogens is 1. The lowest BCUT2D eigenvalue weighted by Gasteiger charge is -2.31. The van der Waals surface area contributed by atoms with Crippen molar-refractivity contribution in [1.82, 2.24) is 19.9 Å². The van der Waals surface area contributed by atoms with Crippen molar-refractivity contribution >= 4 is 10.9 Å². The van der Waals surface area contributed by atoms with Crippen LogP contribution in [0, 0.1) is 12.8 Å². The van der Waals surface area contributed by atoms with Crippen LogP contribution in [-0.4, -0.2) is 44.7 Å². The number of rotatable bonds is 8. The van der Waals surface area contributed by atoms with Gasteiger partial charge >= 0.3 is 0 Å². The molecular formula is C28H32N4O2. The maximum absolute atomic E-state index is 9.17. The molecule has 0 radical (unpaired) electrons. The molecule has 4 aromatic rings. The number of benzene rings is 2. The van der Waals surface area contributed by atoms with E-state index >= 15 is 0 Å². The highest BCUT2D eigenvalue weighted by atomic mass is 16.5. The van der Waals surface area contributed by atoms with Gasteiger partial charge in [0.25, 0.3) is 0 Å². The first kappa shape index (κ1) is 22.6. The topological polar surface area (TPSA) is 74.3 Å². The minimum absolute atomic E-state index is 0.308. The number of ether oxygens (including phenoxy) is 1. The second-order valence-corrected chi connectivity index (χ2v) is 9.34. The van der Waals surface area contributed by atoms with E-state index in [0.717, 1.165) is 54.2 Å². The lowest BCUT2D eigenvalue weighted by atomic mass is 9.93. The first-order valence-corrected chi connectivity index (χ1v) is 12.1. The Bertz CT molecular complexity index is 1240. The molecule has 0 saturated carbocycles. The molecule has 6 heteroatoms. The van der Waals surface area contributed by atoms with Crippen molar-refractivity contribution in [3.05, 3.63) is 83.4 Å². The van der Waals surface area contributed by atoms with Crippen molar-refractivity contribution < 1.29 is 9.84 Å². The Morgan fingerprint density at radius 1 is 1.06 bits per heavy atom. The average Bonchev–Trinajstić information content (AvgIpc) is 3.20. The third-order valence-corrected chi connectivity index (χ3v) is 6.63. The molecule has 2 aromatic carbocycles. The van der Waals surface area contributed by atoms with E-state index in [0.29, 0.717) is 24.8 Å². The fraction of sp³-hybridized carbons (Fsp3) is 0.357. The molecule has 2 aromatic heterocycles. The van der Waals surface area contributed by atoms with Gasteiger partial charge in [-0.3, -0.25) is 4.90 Å². The van der Waals surface area contributed by atoms with E-state index in [2.05, 4.69) is 50.2 Å². The molecule has 34 heavy (non-hydrogen) atoms. The van der Waals surface area contributed by atoms with Crippen LogP contribution in [0.25, 0.3) is 10.9 Å². The number of aliphatic hydroxyl groups is 1. The number of aliphatic hydroxyl groups excluding tert-OH is 1. The highest BCUT2D eigenvalue weighted by Crippen LogP contribution is 2.26. The van der Waals surface area contributed by atoms with Gasteiger partial charge in [0, 0.05) is 48.4 Å². The number of piperidine rings is 1. The van der Waals surface area contributed by atoms with Gasteiger partial charge in [0.1, 0.15) is 11.6 Å². The van der Waals surface area contributed by atoms with Crippen LogP contribution >= 0.6 is 0 Å². The van der Waals surface area contributed by atoms with Crippen LogP contribution in [0.4, 0.5) is 0 Å². The molecule has 6 nitrogen and oxygen atoms in total. The van der Waals surface area contributed by atoms with E-state index in [4.69, 9.17) is 9.84 Å². The number of aromatic nitrogens is 3. The fourth-order valence-corrected chi connectivity index (χ4v) is 4.86. The maximum Gasteiger partial charge on any atom is 0.222 e. The summed E-state index contributed by atoms with van der Waals surface area (Å²) in [5.74, 6) is 2.74. The Morgan fingerprint density at radius 3 is 2.76 bits per heavy atom. The summed E-state index contributed by atoms with van der Waals surface area (Å²) in [7, 11) is 0. The van der Waals surface area contributed by atoms with Crippen molar-refractivity contribution in [2.24, 2.45) is 5.92 Å². The van der Waals surface area contributed by atoms with Crippen LogP contribution in [0.2, 0.25) is 0 Å². The zero-order chi connectivity index (χ0) is 23.3. The third-order valence-electron chi connectivity index (χ3n) is 6.63. The van der Waals surface area contributed by atoms with Crippen LogP contribution in [0.3, 0.4) is 0 Å². The molecule has 0 spiro atoms. The number of hydrogen-bond donors (Lipinski definition) is 2. The van der Waals surface area contributed by atoms with Gasteiger partial charge in [-0.2, -0.15) is 4.98 Å². The zero-order valence-electron chi connectivity index (χ0n) is 19.7. The smallest absolute Gasteiger partial charge is 0.222 e. The van der Waals surface area contributed by atoms with Gasteiger partial charge < -0.3 is 14.8 Å². The summed E-state index contributed by atoms with van der Waals surface area (Å²) in [6, 6.07) is 18.6. The van der Waals surface area contributed by atoms with Gasteiger partial charge in [0.2, 0.25) is 5.88 Å². The Balaban J connectivity index is 1.22. The quantitative estimate of drug-likeness (QED) is 0.379. The molecule has 0 atom stereocenters. The molecule has 2 N–H and O–H groups in total. The molecule has 1 aliphatic rings. The molecule has 3 heterocycles. The highest BCUT2D eigenvalue weighted by Gasteiger charge is 2.18. The SMILES string of the molecule is Cc1cc2cc(Oc3ccnc(Cc4cccc(CN5CCC(CCO)CC5)c4)n3)ccc2[nH]1. The van der Waals surface area contributed by atoms with Crippen LogP contribution in [-0.2, 0) is 13.0 Å². The van der Waals surface area contributed by atoms with E-state index in [1.165, 1.54) is 24.0 Å². The van der Waals surface area contributed by atoms with Crippen molar-refractivity contribution in [3.63, 3.8) is 0 Å². The molecule has 1 saturated heterocycles. The summed E-state index contributed by atoms with van der Waals surface area (Å²) >= 11 is 0. The molecule has 5 rings (SSSR count). The van der Waals surface area contributed by atoms with E-state index in [1.54, 1.807) is 12.3 Å². The molecule has 1 fully saturated rings. The second-order valence-electron chi connectivity index (χ2n) is 9.34. The van der Waals surface area contributed by atoms with Gasteiger partial charge in [0.15, 0.2) is 0 Å². The molecular weight excluding hydrogens is 424 g/mol. The van der Waals surface area contributed by atoms with Gasteiger partial charge in [-0.25, -0.2) is 4.98 Å². The lowest BCUT2D eigenvalue weighted by molar-refractivity contribution is 0.153. The number of fused-ring (bicyclic) bond motifs is 1. The van der Waals surface area contributed by atoms with Crippen molar-refractivity contribution in [3.8, 4) is 11.6 Å². The summed E-state index contributed by atoms with van der Waals surface area (Å²) in [5, 5.41) is 10.3. The molecule has 0 bridgehead atoms. The highest BCUT2D eigenvalue weighted by molar-refractivity contribution is 5.81. The zero-order valence-corrected chi connectivity index (χ0v) is 19.7. The molecule has 1 aliphatic heterocycles. The Morgan fingerprint density at radius 2 is 1.91 bits per heavy atom. The second kappa shape index (κ2) is 10.4. The summed E-state index contributed by atoms with van der Waals surface area (Å²) < 4.78 is 6.04. The predicted octanol–water partition coefficient (Wildman–Crippen LogP) is 5.24. The summed E-state index contributed by atoms with van der Waals surface area (Å²) in [5.41, 5.74) is 4.75. The van der Waals surface area contributed by atoms with E-state index in [9.17, 15) is 0 Å². The Hall–Kier alpha value is -3.22. The number of nitrogens with zero attached hydrogens (tertiary/aromatic N) is 3. The number of aryl methyl sites for hydroxylation is 1. The Kier molecular flexibility index (Phi) is 6.88. The third kappa shape index (κ3) is 5.64. The first-order valence-electron chi connectivity index (χ1n) is 12.1. The number of aromatic amines is 1. The van der Waals surface area contributed by atoms with Crippen molar-refractivity contribution in [2.75, 3.05) is 19.7 Å². The molecule has 0 aliphatic carbocycles. The average molecular weight is 457 g/mol. The van der Waals surface area contributed by atoms with Crippen LogP contribution in [0.1, 0.15) is 41.9 Å². The first-order chi connectivity index (χ1) is 16.6. The monoisotopic (exact) mass is 456 g/mol. The van der Waals surface area contributed by atoms with Crippen LogP contribution in [0.5, 0.6) is 11.6 Å². The van der Waals surface area contributed by atoms with E-state index in [-0.39, 0.29) is 0 Å². The standard InChI is InChI=1S/C28H32N4O2/c1-20-15-24-18-25(5-6-26(24)30-20)34-28-7-11-29-27(31-28)17-22-3-2-4-23(16-22)19-32-12-8-21(9-13-32)10-14-33/h2-7,11,15-16,18,21,30,33H,8-10,12-14,17,19H2,1H3. The molecule has 176 valence electrons. The number of hydrogen-bond acceptors (Lipinski definition) is 5. The summed E-state index contributed by atoms with van der Waals surface area (Å²) in [6.45, 7) is 5.53. The maximum atomic E-state index is 9.17. The predicted molar refractivity (Wildman–Crippen MR) is 134 cm³/mol. The number of nitrogens with one attached hydrogen (secondary N) is 1. The van der Waals surface area contributed by atoms with Crippen molar-refractivity contribution in [1.29, 1.82) is 0 Å². The summed E-state index contributed by atoms with van der Waals surface area (Å²) in [6.07, 6.45) is 5.72. The summed E-state index contributed by atoms with van der Waals surface area (Å²) in [4.78, 5) is 15.0. The lowest BCUT2D eigenvalue weighted by Crippen LogP contribution is -2.33. The largest absolute Gasteiger partial charge is 0.439 e. The van der Waals surface area contributed by atoms with Crippen molar-refractivity contribution in [2.45, 2.75) is 39.2 Å². The van der Waals surface area contributed by atoms with Crippen LogP contribution in [0.15, 0.2) is 60.8 Å². The minimum atomic E-state index is 0.308. The normalized spacial score (nSPS) is 15.1. The minimum Gasteiger partial charge on any atom is -0.439 e. The van der Waals surface area contributed by atoms with E-state index in [1.807, 2.05) is 25.1 Å². The van der Waals surface area contributed by atoms with Crippen LogP contribution < -0.4 is 4.74 Å². The number of likely N-dealkylation sites (tertiary alicyclic amines) is 1. The molecule has 0 unspecified atom stereocenters. The van der Waals surface area contributed by atoms with Gasteiger partial charge in [0.05, 0.1) is 0 Å². The van der Waals surface area contributed by atoms with Gasteiger partial charge in [-0.15, -0.1) is 0 Å².